The molecule has 1 aromatic heterocycles. The molecule has 1 atom stereocenters. The number of fused-ring (bicyclic) bond motifs is 1. The Labute approximate surface area is 127 Å². The molecule has 0 saturated heterocycles. The van der Waals surface area contributed by atoms with Crippen LogP contribution < -0.4 is 10.1 Å². The van der Waals surface area contributed by atoms with Crippen molar-refractivity contribution >= 4 is 15.9 Å². The van der Waals surface area contributed by atoms with Crippen molar-refractivity contribution < 1.29 is 9.15 Å². The van der Waals surface area contributed by atoms with Gasteiger partial charge in [-0.1, -0.05) is 13.0 Å². The van der Waals surface area contributed by atoms with Crippen LogP contribution in [0.15, 0.2) is 39.4 Å². The number of halogens is 1. The number of furan rings is 1. The summed E-state index contributed by atoms with van der Waals surface area (Å²) < 4.78 is 12.1. The fourth-order valence-electron chi connectivity index (χ4n) is 2.54. The van der Waals surface area contributed by atoms with Gasteiger partial charge in [-0.25, -0.2) is 0 Å². The minimum absolute atomic E-state index is 0.0900. The fraction of sp³-hybridized carbons (Fsp3) is 0.375. The monoisotopic (exact) mass is 335 g/mol. The van der Waals surface area contributed by atoms with E-state index in [0.29, 0.717) is 0 Å². The number of hydrogen-bond acceptors (Lipinski definition) is 3. The quantitative estimate of drug-likeness (QED) is 0.894. The molecule has 3 nitrogen and oxygen atoms in total. The largest absolute Gasteiger partial charge is 0.493 e. The molecule has 1 unspecified atom stereocenters. The third kappa shape index (κ3) is 2.76. The Balaban J connectivity index is 1.92. The van der Waals surface area contributed by atoms with E-state index in [1.165, 1.54) is 11.1 Å². The summed E-state index contributed by atoms with van der Waals surface area (Å²) in [5.41, 5.74) is 2.51. The summed E-state index contributed by atoms with van der Waals surface area (Å²) in [6, 6.07) is 10.5. The fourth-order valence-corrected chi connectivity index (χ4v) is 2.86. The van der Waals surface area contributed by atoms with E-state index in [-0.39, 0.29) is 6.04 Å². The summed E-state index contributed by atoms with van der Waals surface area (Å²) in [6.45, 7) is 3.91. The second-order valence-corrected chi connectivity index (χ2v) is 5.78. The number of hydrogen-bond donors (Lipinski definition) is 1. The predicted octanol–water partition coefficient (Wildman–Crippen LogP) is 4.07. The zero-order valence-electron chi connectivity index (χ0n) is 11.5. The Morgan fingerprint density at radius 3 is 2.95 bits per heavy atom. The average Bonchev–Trinajstić information content (AvgIpc) is 3.07. The lowest BCUT2D eigenvalue weighted by Crippen LogP contribution is -2.22. The van der Waals surface area contributed by atoms with Gasteiger partial charge >= 0.3 is 0 Å². The molecule has 1 aliphatic rings. The highest BCUT2D eigenvalue weighted by Gasteiger charge is 2.20. The van der Waals surface area contributed by atoms with E-state index >= 15 is 0 Å². The molecule has 0 amide bonds. The van der Waals surface area contributed by atoms with E-state index in [2.05, 4.69) is 46.4 Å². The first-order valence-corrected chi connectivity index (χ1v) is 7.81. The minimum Gasteiger partial charge on any atom is -0.493 e. The van der Waals surface area contributed by atoms with Gasteiger partial charge in [0, 0.05) is 6.42 Å². The van der Waals surface area contributed by atoms with Crippen molar-refractivity contribution in [3.05, 3.63) is 51.9 Å². The van der Waals surface area contributed by atoms with Gasteiger partial charge in [0.05, 0.1) is 12.6 Å². The van der Waals surface area contributed by atoms with Crippen molar-refractivity contribution in [2.24, 2.45) is 0 Å². The standard InChI is InChI=1S/C16H18BrNO2/c1-2-8-18-16(14-5-6-15(17)20-14)12-3-4-13-11(10-12)7-9-19-13/h3-6,10,16,18H,2,7-9H2,1H3. The topological polar surface area (TPSA) is 34.4 Å². The van der Waals surface area contributed by atoms with E-state index in [1.807, 2.05) is 12.1 Å². The third-order valence-electron chi connectivity index (χ3n) is 3.52. The van der Waals surface area contributed by atoms with Crippen molar-refractivity contribution in [3.8, 4) is 5.75 Å². The molecule has 0 radical (unpaired) electrons. The van der Waals surface area contributed by atoms with Crippen molar-refractivity contribution in [2.75, 3.05) is 13.2 Å². The highest BCUT2D eigenvalue weighted by atomic mass is 79.9. The highest BCUT2D eigenvalue weighted by Crippen LogP contribution is 2.31. The molecule has 1 aliphatic heterocycles. The maximum absolute atomic E-state index is 5.74. The number of benzene rings is 1. The smallest absolute Gasteiger partial charge is 0.169 e. The second kappa shape index (κ2) is 6.02. The van der Waals surface area contributed by atoms with E-state index in [1.54, 1.807) is 0 Å². The number of nitrogens with one attached hydrogen (secondary N) is 1. The number of rotatable bonds is 5. The van der Waals surface area contributed by atoms with Crippen LogP contribution in [0.4, 0.5) is 0 Å². The van der Waals surface area contributed by atoms with E-state index in [4.69, 9.17) is 9.15 Å². The van der Waals surface area contributed by atoms with Crippen LogP contribution in [0.3, 0.4) is 0 Å². The summed E-state index contributed by atoms with van der Waals surface area (Å²) in [7, 11) is 0. The Bertz CT molecular complexity index is 594. The molecule has 4 heteroatoms. The van der Waals surface area contributed by atoms with Crippen LogP contribution in [-0.2, 0) is 6.42 Å². The summed E-state index contributed by atoms with van der Waals surface area (Å²) >= 11 is 3.38. The van der Waals surface area contributed by atoms with Gasteiger partial charge in [0.25, 0.3) is 0 Å². The first-order valence-electron chi connectivity index (χ1n) is 7.02. The SMILES string of the molecule is CCCNC(c1ccc2c(c1)CCO2)c1ccc(Br)o1. The molecule has 2 heterocycles. The summed E-state index contributed by atoms with van der Waals surface area (Å²) in [5, 5.41) is 3.55. The van der Waals surface area contributed by atoms with Crippen LogP contribution in [0, 0.1) is 0 Å². The Kier molecular flexibility index (Phi) is 4.13. The van der Waals surface area contributed by atoms with Gasteiger partial charge in [0.1, 0.15) is 11.5 Å². The van der Waals surface area contributed by atoms with Gasteiger partial charge < -0.3 is 14.5 Å². The predicted molar refractivity (Wildman–Crippen MR) is 82.2 cm³/mol. The molecule has 0 saturated carbocycles. The summed E-state index contributed by atoms with van der Waals surface area (Å²) in [5.74, 6) is 1.95. The van der Waals surface area contributed by atoms with Crippen molar-refractivity contribution in [3.63, 3.8) is 0 Å². The molecule has 1 N–H and O–H groups in total. The minimum atomic E-state index is 0.0900. The molecule has 0 fully saturated rings. The van der Waals surface area contributed by atoms with Crippen molar-refractivity contribution in [1.82, 2.24) is 5.32 Å². The van der Waals surface area contributed by atoms with Crippen LogP contribution in [0.25, 0.3) is 0 Å². The van der Waals surface area contributed by atoms with Crippen LogP contribution in [0.5, 0.6) is 5.75 Å². The Hall–Kier alpha value is -1.26. The molecule has 1 aromatic carbocycles. The van der Waals surface area contributed by atoms with Crippen molar-refractivity contribution in [1.29, 1.82) is 0 Å². The zero-order valence-corrected chi connectivity index (χ0v) is 13.1. The van der Waals surface area contributed by atoms with Crippen LogP contribution in [0.2, 0.25) is 0 Å². The lowest BCUT2D eigenvalue weighted by Gasteiger charge is -2.17. The molecule has 0 spiro atoms. The average molecular weight is 336 g/mol. The molecule has 106 valence electrons. The lowest BCUT2D eigenvalue weighted by atomic mass is 10.0. The lowest BCUT2D eigenvalue weighted by molar-refractivity contribution is 0.356. The Morgan fingerprint density at radius 1 is 1.30 bits per heavy atom. The maximum atomic E-state index is 5.74. The van der Waals surface area contributed by atoms with Crippen LogP contribution >= 0.6 is 15.9 Å². The van der Waals surface area contributed by atoms with E-state index < -0.39 is 0 Å². The van der Waals surface area contributed by atoms with Crippen LogP contribution in [-0.4, -0.2) is 13.2 Å². The van der Waals surface area contributed by atoms with Gasteiger partial charge in [-0.2, -0.15) is 0 Å². The Morgan fingerprint density at radius 2 is 2.20 bits per heavy atom. The second-order valence-electron chi connectivity index (χ2n) is 4.99. The van der Waals surface area contributed by atoms with E-state index in [0.717, 1.165) is 42.2 Å². The summed E-state index contributed by atoms with van der Waals surface area (Å²) in [4.78, 5) is 0. The van der Waals surface area contributed by atoms with E-state index in [9.17, 15) is 0 Å². The third-order valence-corrected chi connectivity index (χ3v) is 3.95. The zero-order chi connectivity index (χ0) is 13.9. The van der Waals surface area contributed by atoms with Gasteiger partial charge in [0.15, 0.2) is 4.67 Å². The molecule has 0 aliphatic carbocycles. The first kappa shape index (κ1) is 13.7. The van der Waals surface area contributed by atoms with Gasteiger partial charge in [-0.3, -0.25) is 0 Å². The van der Waals surface area contributed by atoms with Gasteiger partial charge in [0.2, 0.25) is 0 Å². The number of ether oxygens (including phenoxy) is 1. The molecular formula is C16H18BrNO2. The highest BCUT2D eigenvalue weighted by molar-refractivity contribution is 9.10. The summed E-state index contributed by atoms with van der Waals surface area (Å²) in [6.07, 6.45) is 2.08. The molecular weight excluding hydrogens is 318 g/mol. The van der Waals surface area contributed by atoms with Crippen LogP contribution in [0.1, 0.15) is 36.3 Å². The molecule has 2 aromatic rings. The molecule has 0 bridgehead atoms. The normalized spacial score (nSPS) is 14.9. The van der Waals surface area contributed by atoms with Gasteiger partial charge in [-0.15, -0.1) is 0 Å². The van der Waals surface area contributed by atoms with Crippen molar-refractivity contribution in [2.45, 2.75) is 25.8 Å². The van der Waals surface area contributed by atoms with Gasteiger partial charge in [-0.05, 0) is 64.3 Å². The first-order chi connectivity index (χ1) is 9.78. The molecule has 3 rings (SSSR count). The maximum Gasteiger partial charge on any atom is 0.169 e. The molecule has 20 heavy (non-hydrogen) atoms.